The van der Waals surface area contributed by atoms with E-state index in [1.54, 1.807) is 0 Å². The molecule has 2 saturated carbocycles. The monoisotopic (exact) mass is 224 g/mol. The number of hydrogen-bond acceptors (Lipinski definition) is 3. The molecule has 0 bridgehead atoms. The third-order valence-corrected chi connectivity index (χ3v) is 4.89. The zero-order valence-electron chi connectivity index (χ0n) is 10.1. The lowest BCUT2D eigenvalue weighted by molar-refractivity contribution is -0.0844. The van der Waals surface area contributed by atoms with Gasteiger partial charge in [0.2, 0.25) is 0 Å². The maximum absolute atomic E-state index is 6.01. The van der Waals surface area contributed by atoms with Crippen molar-refractivity contribution in [2.45, 2.75) is 56.7 Å². The molecule has 2 N–H and O–H groups in total. The zero-order chi connectivity index (χ0) is 11.0. The summed E-state index contributed by atoms with van der Waals surface area (Å²) in [6.07, 6.45) is 8.67. The van der Waals surface area contributed by atoms with Crippen LogP contribution in [0.15, 0.2) is 0 Å². The molecule has 1 saturated heterocycles. The summed E-state index contributed by atoms with van der Waals surface area (Å²) in [5.41, 5.74) is 6.01. The molecule has 0 aromatic heterocycles. The second-order valence-electron chi connectivity index (χ2n) is 5.64. The molecule has 3 heteroatoms. The number of nitrogens with zero attached hydrogens (tertiary/aromatic N) is 1. The largest absolute Gasteiger partial charge is 0.375 e. The van der Waals surface area contributed by atoms with Gasteiger partial charge in [0.15, 0.2) is 0 Å². The summed E-state index contributed by atoms with van der Waals surface area (Å²) in [6.45, 7) is 2.87. The van der Waals surface area contributed by atoms with Gasteiger partial charge >= 0.3 is 0 Å². The first kappa shape index (κ1) is 11.0. The molecule has 1 aliphatic heterocycles. The highest BCUT2D eigenvalue weighted by Gasteiger charge is 2.41. The van der Waals surface area contributed by atoms with Crippen LogP contribution in [0.4, 0.5) is 0 Å². The third-order valence-electron chi connectivity index (χ3n) is 4.89. The Kier molecular flexibility index (Phi) is 3.18. The van der Waals surface area contributed by atoms with Gasteiger partial charge in [0.05, 0.1) is 12.7 Å². The predicted octanol–water partition coefficient (Wildman–Crippen LogP) is 1.37. The van der Waals surface area contributed by atoms with Crippen LogP contribution in [0.25, 0.3) is 0 Å². The standard InChI is InChI=1S/C13H24N2O/c14-9-12(10-3-1-4-10)15-7-8-16-13-6-2-5-11(13)15/h10-13H,1-9,14H2. The molecule has 2 aliphatic carbocycles. The lowest BCUT2D eigenvalue weighted by Crippen LogP contribution is -2.58. The summed E-state index contributed by atoms with van der Waals surface area (Å²) in [7, 11) is 0. The Labute approximate surface area is 98.3 Å². The van der Waals surface area contributed by atoms with Crippen molar-refractivity contribution in [3.8, 4) is 0 Å². The number of morpholine rings is 1. The van der Waals surface area contributed by atoms with E-state index >= 15 is 0 Å². The number of nitrogens with two attached hydrogens (primary N) is 1. The van der Waals surface area contributed by atoms with Crippen molar-refractivity contribution in [1.82, 2.24) is 4.90 Å². The van der Waals surface area contributed by atoms with E-state index in [1.165, 1.54) is 38.5 Å². The highest BCUT2D eigenvalue weighted by Crippen LogP contribution is 2.37. The van der Waals surface area contributed by atoms with Crippen LogP contribution in [0.1, 0.15) is 38.5 Å². The van der Waals surface area contributed by atoms with Crippen molar-refractivity contribution < 1.29 is 4.74 Å². The van der Waals surface area contributed by atoms with Crippen molar-refractivity contribution >= 4 is 0 Å². The topological polar surface area (TPSA) is 38.5 Å². The fraction of sp³-hybridized carbons (Fsp3) is 1.00. The van der Waals surface area contributed by atoms with E-state index in [4.69, 9.17) is 10.5 Å². The molecule has 3 unspecified atom stereocenters. The van der Waals surface area contributed by atoms with E-state index in [2.05, 4.69) is 4.90 Å². The second-order valence-corrected chi connectivity index (χ2v) is 5.64. The Balaban J connectivity index is 1.70. The lowest BCUT2D eigenvalue weighted by atomic mass is 9.78. The molecule has 92 valence electrons. The van der Waals surface area contributed by atoms with E-state index in [-0.39, 0.29) is 0 Å². The van der Waals surface area contributed by atoms with Crippen LogP contribution >= 0.6 is 0 Å². The average molecular weight is 224 g/mol. The van der Waals surface area contributed by atoms with Gasteiger partial charge in [-0.05, 0) is 38.0 Å². The zero-order valence-corrected chi connectivity index (χ0v) is 10.1. The van der Waals surface area contributed by atoms with Gasteiger partial charge in [-0.25, -0.2) is 0 Å². The number of ether oxygens (including phenoxy) is 1. The van der Waals surface area contributed by atoms with Gasteiger partial charge in [0.1, 0.15) is 0 Å². The van der Waals surface area contributed by atoms with Crippen LogP contribution in [0.3, 0.4) is 0 Å². The predicted molar refractivity (Wildman–Crippen MR) is 64.3 cm³/mol. The average Bonchev–Trinajstić information content (AvgIpc) is 2.70. The van der Waals surface area contributed by atoms with Gasteiger partial charge < -0.3 is 10.5 Å². The highest BCUT2D eigenvalue weighted by molar-refractivity contribution is 4.95. The van der Waals surface area contributed by atoms with Crippen LogP contribution in [0.5, 0.6) is 0 Å². The van der Waals surface area contributed by atoms with Crippen molar-refractivity contribution in [1.29, 1.82) is 0 Å². The molecule has 3 fully saturated rings. The summed E-state index contributed by atoms with van der Waals surface area (Å²) in [5, 5.41) is 0. The van der Waals surface area contributed by atoms with Crippen molar-refractivity contribution in [3.05, 3.63) is 0 Å². The molecular formula is C13H24N2O. The minimum Gasteiger partial charge on any atom is -0.375 e. The Morgan fingerprint density at radius 2 is 2.00 bits per heavy atom. The molecule has 3 atom stereocenters. The molecule has 0 aromatic rings. The van der Waals surface area contributed by atoms with Crippen LogP contribution in [0.2, 0.25) is 0 Å². The van der Waals surface area contributed by atoms with Crippen molar-refractivity contribution in [2.75, 3.05) is 19.7 Å². The van der Waals surface area contributed by atoms with E-state index in [9.17, 15) is 0 Å². The van der Waals surface area contributed by atoms with Crippen LogP contribution in [0, 0.1) is 5.92 Å². The second kappa shape index (κ2) is 4.63. The number of rotatable bonds is 3. The summed E-state index contributed by atoms with van der Waals surface area (Å²) in [6, 6.07) is 1.33. The smallest absolute Gasteiger partial charge is 0.0731 e. The maximum atomic E-state index is 6.01. The molecule has 16 heavy (non-hydrogen) atoms. The summed E-state index contributed by atoms with van der Waals surface area (Å²) in [5.74, 6) is 0.879. The fourth-order valence-corrected chi connectivity index (χ4v) is 3.79. The van der Waals surface area contributed by atoms with Crippen molar-refractivity contribution in [2.24, 2.45) is 11.7 Å². The lowest BCUT2D eigenvalue weighted by Gasteiger charge is -2.47. The molecule has 0 amide bonds. The first-order valence-corrected chi connectivity index (χ1v) is 6.97. The summed E-state index contributed by atoms with van der Waals surface area (Å²) in [4.78, 5) is 2.70. The van der Waals surface area contributed by atoms with Gasteiger partial charge in [0.25, 0.3) is 0 Å². The van der Waals surface area contributed by atoms with Crippen molar-refractivity contribution in [3.63, 3.8) is 0 Å². The third kappa shape index (κ3) is 1.79. The van der Waals surface area contributed by atoms with Crippen LogP contribution in [-0.4, -0.2) is 42.8 Å². The van der Waals surface area contributed by atoms with Crippen LogP contribution < -0.4 is 5.73 Å². The molecule has 0 spiro atoms. The number of hydrogen-bond donors (Lipinski definition) is 1. The molecule has 3 rings (SSSR count). The summed E-state index contributed by atoms with van der Waals surface area (Å²) >= 11 is 0. The fourth-order valence-electron chi connectivity index (χ4n) is 3.79. The van der Waals surface area contributed by atoms with Gasteiger partial charge in [-0.2, -0.15) is 0 Å². The van der Waals surface area contributed by atoms with E-state index in [1.807, 2.05) is 0 Å². The normalized spacial score (nSPS) is 38.1. The maximum Gasteiger partial charge on any atom is 0.0731 e. The first-order valence-electron chi connectivity index (χ1n) is 6.97. The number of fused-ring (bicyclic) bond motifs is 1. The minimum atomic E-state index is 0.517. The minimum absolute atomic E-state index is 0.517. The SMILES string of the molecule is NCC(C1CCC1)N1CCOC2CCCC21. The Morgan fingerprint density at radius 1 is 1.19 bits per heavy atom. The molecule has 1 heterocycles. The van der Waals surface area contributed by atoms with Gasteiger partial charge in [-0.1, -0.05) is 6.42 Å². The quantitative estimate of drug-likeness (QED) is 0.787. The van der Waals surface area contributed by atoms with Crippen LogP contribution in [-0.2, 0) is 4.74 Å². The Bertz CT molecular complexity index is 242. The molecule has 3 aliphatic rings. The molecule has 3 nitrogen and oxygen atoms in total. The molecule has 0 aromatic carbocycles. The van der Waals surface area contributed by atoms with E-state index in [0.29, 0.717) is 18.2 Å². The van der Waals surface area contributed by atoms with E-state index in [0.717, 1.165) is 25.6 Å². The van der Waals surface area contributed by atoms with Gasteiger partial charge in [-0.15, -0.1) is 0 Å². The van der Waals surface area contributed by atoms with Gasteiger partial charge in [0, 0.05) is 25.2 Å². The Morgan fingerprint density at radius 3 is 2.69 bits per heavy atom. The first-order chi connectivity index (χ1) is 7.90. The van der Waals surface area contributed by atoms with Gasteiger partial charge in [-0.3, -0.25) is 4.90 Å². The molecular weight excluding hydrogens is 200 g/mol. The van der Waals surface area contributed by atoms with E-state index < -0.39 is 0 Å². The summed E-state index contributed by atoms with van der Waals surface area (Å²) < 4.78 is 5.88. The Hall–Kier alpha value is -0.120. The molecule has 0 radical (unpaired) electrons. The highest BCUT2D eigenvalue weighted by atomic mass is 16.5.